The molecule has 2 atom stereocenters. The molecule has 5 nitrogen and oxygen atoms in total. The zero-order chi connectivity index (χ0) is 17.8. The van der Waals surface area contributed by atoms with Gasteiger partial charge in [0.25, 0.3) is 0 Å². The van der Waals surface area contributed by atoms with Crippen molar-refractivity contribution in [3.8, 4) is 0 Å². The highest BCUT2D eigenvalue weighted by atomic mass is 16.5. The summed E-state index contributed by atoms with van der Waals surface area (Å²) in [6.45, 7) is 11.6. The van der Waals surface area contributed by atoms with Gasteiger partial charge in [0.15, 0.2) is 0 Å². The number of carbonyl (C=O) groups is 1. The van der Waals surface area contributed by atoms with Crippen LogP contribution in [0.25, 0.3) is 0 Å². The first kappa shape index (κ1) is 18.2. The number of ether oxygens (including phenoxy) is 1. The van der Waals surface area contributed by atoms with Crippen molar-refractivity contribution in [2.45, 2.75) is 45.9 Å². The minimum absolute atomic E-state index is 0.0228. The van der Waals surface area contributed by atoms with Gasteiger partial charge in [-0.05, 0) is 30.9 Å². The monoisotopic (exact) mass is 345 g/mol. The fraction of sp³-hybridized carbons (Fsp3) is 0.650. The van der Waals surface area contributed by atoms with E-state index >= 15 is 0 Å². The van der Waals surface area contributed by atoms with Gasteiger partial charge in [0.1, 0.15) is 0 Å². The van der Waals surface area contributed by atoms with Gasteiger partial charge in [-0.1, -0.05) is 32.0 Å². The fourth-order valence-electron chi connectivity index (χ4n) is 3.86. The molecule has 0 saturated carbocycles. The SMILES string of the molecule is CC(C)C[C@@H]1C(=O)NCCN1Cc1ccccc1N1CCO[C@H](C)C1. The average molecular weight is 345 g/mol. The Labute approximate surface area is 151 Å². The Kier molecular flexibility index (Phi) is 5.97. The van der Waals surface area contributed by atoms with Crippen LogP contribution in [-0.2, 0) is 16.1 Å². The van der Waals surface area contributed by atoms with E-state index in [1.54, 1.807) is 0 Å². The molecule has 1 aromatic rings. The molecule has 1 amide bonds. The topological polar surface area (TPSA) is 44.8 Å². The number of morpholine rings is 1. The summed E-state index contributed by atoms with van der Waals surface area (Å²) in [5, 5.41) is 3.03. The second-order valence-electron chi connectivity index (χ2n) is 7.66. The number of anilines is 1. The number of hydrogen-bond acceptors (Lipinski definition) is 4. The van der Waals surface area contributed by atoms with E-state index in [2.05, 4.69) is 60.2 Å². The van der Waals surface area contributed by atoms with Crippen molar-refractivity contribution in [2.24, 2.45) is 5.92 Å². The van der Waals surface area contributed by atoms with Crippen LogP contribution in [0.3, 0.4) is 0 Å². The molecule has 2 saturated heterocycles. The highest BCUT2D eigenvalue weighted by Crippen LogP contribution is 2.26. The number of amides is 1. The lowest BCUT2D eigenvalue weighted by atomic mass is 9.99. The summed E-state index contributed by atoms with van der Waals surface area (Å²) in [5.41, 5.74) is 2.59. The smallest absolute Gasteiger partial charge is 0.237 e. The second-order valence-corrected chi connectivity index (χ2v) is 7.66. The summed E-state index contributed by atoms with van der Waals surface area (Å²) in [4.78, 5) is 17.2. The molecule has 1 aromatic carbocycles. The minimum atomic E-state index is -0.0228. The molecule has 0 bridgehead atoms. The summed E-state index contributed by atoms with van der Waals surface area (Å²) < 4.78 is 5.69. The van der Waals surface area contributed by atoms with Crippen molar-refractivity contribution in [2.75, 3.05) is 37.7 Å². The molecule has 0 spiro atoms. The summed E-state index contributed by atoms with van der Waals surface area (Å²) in [6, 6.07) is 8.59. The second kappa shape index (κ2) is 8.19. The van der Waals surface area contributed by atoms with Crippen LogP contribution >= 0.6 is 0 Å². The standard InChI is InChI=1S/C20H31N3O2/c1-15(2)12-19-20(24)21-8-9-22(19)14-17-6-4-5-7-18(17)23-10-11-25-16(3)13-23/h4-7,15-16,19H,8-14H2,1-3H3,(H,21,24)/t16-,19-/m1/s1. The van der Waals surface area contributed by atoms with Gasteiger partial charge in [-0.25, -0.2) is 0 Å². The number of benzene rings is 1. The number of rotatable bonds is 5. The van der Waals surface area contributed by atoms with Gasteiger partial charge in [-0.3, -0.25) is 9.69 Å². The van der Waals surface area contributed by atoms with Gasteiger partial charge < -0.3 is 15.0 Å². The first-order chi connectivity index (χ1) is 12.0. The van der Waals surface area contributed by atoms with Crippen LogP contribution in [-0.4, -0.2) is 55.7 Å². The molecule has 3 rings (SSSR count). The van der Waals surface area contributed by atoms with Crippen molar-refractivity contribution in [3.05, 3.63) is 29.8 Å². The summed E-state index contributed by atoms with van der Waals surface area (Å²) in [7, 11) is 0. The van der Waals surface area contributed by atoms with Crippen molar-refractivity contribution in [1.29, 1.82) is 0 Å². The zero-order valence-corrected chi connectivity index (χ0v) is 15.7. The van der Waals surface area contributed by atoms with Crippen LogP contribution < -0.4 is 10.2 Å². The van der Waals surface area contributed by atoms with Crippen LogP contribution in [0.4, 0.5) is 5.69 Å². The van der Waals surface area contributed by atoms with Gasteiger partial charge in [0.2, 0.25) is 5.91 Å². The van der Waals surface area contributed by atoms with E-state index in [0.29, 0.717) is 5.92 Å². The van der Waals surface area contributed by atoms with E-state index < -0.39 is 0 Å². The van der Waals surface area contributed by atoms with Crippen LogP contribution in [0.15, 0.2) is 24.3 Å². The van der Waals surface area contributed by atoms with Gasteiger partial charge in [0.05, 0.1) is 18.8 Å². The lowest BCUT2D eigenvalue weighted by Crippen LogP contribution is -2.55. The van der Waals surface area contributed by atoms with E-state index in [-0.39, 0.29) is 18.1 Å². The lowest BCUT2D eigenvalue weighted by molar-refractivity contribution is -0.130. The summed E-state index contributed by atoms with van der Waals surface area (Å²) >= 11 is 0. The Morgan fingerprint density at radius 2 is 2.08 bits per heavy atom. The Balaban J connectivity index is 1.78. The third-order valence-corrected chi connectivity index (χ3v) is 5.08. The molecule has 0 unspecified atom stereocenters. The molecule has 2 aliphatic rings. The quantitative estimate of drug-likeness (QED) is 0.889. The maximum Gasteiger partial charge on any atom is 0.237 e. The Hall–Kier alpha value is -1.59. The number of piperazine rings is 1. The predicted molar refractivity (Wildman–Crippen MR) is 101 cm³/mol. The van der Waals surface area contributed by atoms with Crippen LogP contribution in [0, 0.1) is 5.92 Å². The Morgan fingerprint density at radius 1 is 1.28 bits per heavy atom. The molecule has 2 fully saturated rings. The number of nitrogens with zero attached hydrogens (tertiary/aromatic N) is 2. The van der Waals surface area contributed by atoms with Crippen molar-refractivity contribution in [3.63, 3.8) is 0 Å². The number of para-hydroxylation sites is 1. The molecule has 0 radical (unpaired) electrons. The van der Waals surface area contributed by atoms with E-state index in [1.807, 2.05) is 0 Å². The van der Waals surface area contributed by atoms with Gasteiger partial charge >= 0.3 is 0 Å². The zero-order valence-electron chi connectivity index (χ0n) is 15.7. The first-order valence-corrected chi connectivity index (χ1v) is 9.51. The maximum absolute atomic E-state index is 12.4. The van der Waals surface area contributed by atoms with Crippen LogP contribution in [0.5, 0.6) is 0 Å². The third kappa shape index (κ3) is 4.53. The van der Waals surface area contributed by atoms with Gasteiger partial charge in [0, 0.05) is 38.4 Å². The number of carbonyl (C=O) groups excluding carboxylic acids is 1. The third-order valence-electron chi connectivity index (χ3n) is 5.08. The first-order valence-electron chi connectivity index (χ1n) is 9.51. The van der Waals surface area contributed by atoms with Crippen LogP contribution in [0.1, 0.15) is 32.8 Å². The molecule has 138 valence electrons. The van der Waals surface area contributed by atoms with E-state index in [4.69, 9.17) is 4.74 Å². The Bertz CT molecular complexity index is 590. The minimum Gasteiger partial charge on any atom is -0.375 e. The highest BCUT2D eigenvalue weighted by molar-refractivity contribution is 5.82. The van der Waals surface area contributed by atoms with Crippen LogP contribution in [0.2, 0.25) is 0 Å². The molecule has 0 aromatic heterocycles. The lowest BCUT2D eigenvalue weighted by Gasteiger charge is -2.38. The molecule has 25 heavy (non-hydrogen) atoms. The molecule has 2 aliphatic heterocycles. The highest BCUT2D eigenvalue weighted by Gasteiger charge is 2.31. The van der Waals surface area contributed by atoms with E-state index in [9.17, 15) is 4.79 Å². The van der Waals surface area contributed by atoms with E-state index in [0.717, 1.165) is 45.8 Å². The normalized spacial score (nSPS) is 25.3. The average Bonchev–Trinajstić information content (AvgIpc) is 2.58. The molecular weight excluding hydrogens is 314 g/mol. The Morgan fingerprint density at radius 3 is 2.84 bits per heavy atom. The predicted octanol–water partition coefficient (Wildman–Crippen LogP) is 2.26. The molecule has 1 N–H and O–H groups in total. The fourth-order valence-corrected chi connectivity index (χ4v) is 3.86. The van der Waals surface area contributed by atoms with E-state index in [1.165, 1.54) is 11.3 Å². The molecule has 5 heteroatoms. The summed E-state index contributed by atoms with van der Waals surface area (Å²) in [5.74, 6) is 0.684. The van der Waals surface area contributed by atoms with Gasteiger partial charge in [-0.2, -0.15) is 0 Å². The number of hydrogen-bond donors (Lipinski definition) is 1. The van der Waals surface area contributed by atoms with Crippen molar-refractivity contribution < 1.29 is 9.53 Å². The summed E-state index contributed by atoms with van der Waals surface area (Å²) in [6.07, 6.45) is 1.17. The molecular formula is C20H31N3O2. The maximum atomic E-state index is 12.4. The molecule has 0 aliphatic carbocycles. The van der Waals surface area contributed by atoms with Crippen molar-refractivity contribution in [1.82, 2.24) is 10.2 Å². The largest absolute Gasteiger partial charge is 0.375 e. The molecule has 2 heterocycles. The van der Waals surface area contributed by atoms with Gasteiger partial charge in [-0.15, -0.1) is 0 Å². The van der Waals surface area contributed by atoms with Crippen molar-refractivity contribution >= 4 is 11.6 Å². The number of nitrogens with one attached hydrogen (secondary N) is 1.